The van der Waals surface area contributed by atoms with Gasteiger partial charge in [-0.05, 0) is 32.1 Å². The van der Waals surface area contributed by atoms with Crippen LogP contribution in [0.4, 0.5) is 0 Å². The van der Waals surface area contributed by atoms with Gasteiger partial charge < -0.3 is 0 Å². The molecule has 18 heavy (non-hydrogen) atoms. The molecule has 0 aromatic carbocycles. The molecule has 0 amide bonds. The van der Waals surface area contributed by atoms with Crippen molar-refractivity contribution >= 4 is 0 Å². The fourth-order valence-electron chi connectivity index (χ4n) is 1.80. The first-order valence-electron chi connectivity index (χ1n) is 7.66. The van der Waals surface area contributed by atoms with Crippen molar-refractivity contribution < 1.29 is 0 Å². The molecule has 0 aliphatic rings. The van der Waals surface area contributed by atoms with Crippen LogP contribution in [-0.2, 0) is 0 Å². The lowest BCUT2D eigenvalue weighted by Gasteiger charge is -1.97. The predicted octanol–water partition coefficient (Wildman–Crippen LogP) is 6.41. The minimum absolute atomic E-state index is 1.08. The van der Waals surface area contributed by atoms with Gasteiger partial charge in [-0.3, -0.25) is 0 Å². The fourth-order valence-corrected chi connectivity index (χ4v) is 1.80. The smallest absolute Gasteiger partial charge is 0.0169 e. The Hall–Kier alpha value is -0.780. The van der Waals surface area contributed by atoms with Crippen LogP contribution in [0.3, 0.4) is 0 Å². The van der Waals surface area contributed by atoms with E-state index in [1.165, 1.54) is 38.5 Å². The summed E-state index contributed by atoms with van der Waals surface area (Å²) >= 11 is 0. The van der Waals surface area contributed by atoms with Crippen molar-refractivity contribution in [2.24, 2.45) is 0 Å². The average molecular weight is 247 g/mol. The highest BCUT2D eigenvalue weighted by molar-refractivity contribution is 4.96. The normalized spacial score (nSPS) is 12.3. The van der Waals surface area contributed by atoms with Crippen molar-refractivity contribution in [2.45, 2.75) is 71.1 Å². The Balaban J connectivity index is 3.20. The molecule has 0 heteroatoms. The largest absolute Gasteiger partial charge is 0.0885 e. The van der Waals surface area contributed by atoms with E-state index in [0.29, 0.717) is 0 Å². The van der Waals surface area contributed by atoms with Gasteiger partial charge in [0.25, 0.3) is 0 Å². The lowest BCUT2D eigenvalue weighted by Crippen LogP contribution is -1.77. The Morgan fingerprint density at radius 3 is 1.89 bits per heavy atom. The standard InChI is InChI=1S/C18H31/c1-3-5-7-9-11-13-15-17-18-16-14-12-10-8-6-4-2/h6,8,12,14,17-18H,1,3-5,7,9-11,13,15-16H2,2H3/b8-6?,14-12-,18-17-. The van der Waals surface area contributed by atoms with E-state index < -0.39 is 0 Å². The Morgan fingerprint density at radius 1 is 0.667 bits per heavy atom. The first-order valence-corrected chi connectivity index (χ1v) is 7.66. The van der Waals surface area contributed by atoms with E-state index in [1.807, 2.05) is 0 Å². The molecule has 0 nitrogen and oxygen atoms in total. The number of hydrogen-bond donors (Lipinski definition) is 0. The summed E-state index contributed by atoms with van der Waals surface area (Å²) in [5, 5.41) is 0. The summed E-state index contributed by atoms with van der Waals surface area (Å²) in [6.45, 7) is 6.03. The van der Waals surface area contributed by atoms with Crippen molar-refractivity contribution in [3.63, 3.8) is 0 Å². The zero-order chi connectivity index (χ0) is 13.3. The van der Waals surface area contributed by atoms with Crippen LogP contribution in [0.25, 0.3) is 0 Å². The van der Waals surface area contributed by atoms with Crippen LogP contribution in [0.2, 0.25) is 0 Å². The summed E-state index contributed by atoms with van der Waals surface area (Å²) in [4.78, 5) is 0. The first-order chi connectivity index (χ1) is 8.91. The number of allylic oxidation sites excluding steroid dienone is 6. The zero-order valence-electron chi connectivity index (χ0n) is 12.2. The Morgan fingerprint density at radius 2 is 1.22 bits per heavy atom. The maximum Gasteiger partial charge on any atom is -0.0169 e. The van der Waals surface area contributed by atoms with Crippen LogP contribution in [0, 0.1) is 6.92 Å². The zero-order valence-corrected chi connectivity index (χ0v) is 12.2. The molecule has 0 aliphatic carbocycles. The number of unbranched alkanes of at least 4 members (excludes halogenated alkanes) is 6. The second kappa shape index (κ2) is 16.2. The van der Waals surface area contributed by atoms with Crippen LogP contribution >= 0.6 is 0 Å². The van der Waals surface area contributed by atoms with Crippen molar-refractivity contribution in [3.8, 4) is 0 Å². The molecular weight excluding hydrogens is 216 g/mol. The highest BCUT2D eigenvalue weighted by Gasteiger charge is 1.87. The molecule has 1 radical (unpaired) electrons. The molecule has 0 atom stereocenters. The Labute approximate surface area is 115 Å². The molecule has 0 aromatic heterocycles. The monoisotopic (exact) mass is 247 g/mol. The van der Waals surface area contributed by atoms with Crippen molar-refractivity contribution in [2.75, 3.05) is 0 Å². The van der Waals surface area contributed by atoms with E-state index in [4.69, 9.17) is 0 Å². The van der Waals surface area contributed by atoms with Gasteiger partial charge in [0.2, 0.25) is 0 Å². The highest BCUT2D eigenvalue weighted by atomic mass is 13.9. The van der Waals surface area contributed by atoms with Gasteiger partial charge in [-0.25, -0.2) is 0 Å². The third-order valence-corrected chi connectivity index (χ3v) is 2.90. The van der Waals surface area contributed by atoms with Crippen molar-refractivity contribution in [3.05, 3.63) is 43.4 Å². The van der Waals surface area contributed by atoms with Gasteiger partial charge in [-0.2, -0.15) is 0 Å². The van der Waals surface area contributed by atoms with Crippen LogP contribution in [0.1, 0.15) is 71.1 Å². The Bertz CT molecular complexity index is 220. The van der Waals surface area contributed by atoms with Gasteiger partial charge in [0.1, 0.15) is 0 Å². The maximum absolute atomic E-state index is 3.86. The maximum atomic E-state index is 3.86. The molecule has 0 saturated carbocycles. The Kier molecular flexibility index (Phi) is 15.5. The molecule has 0 aliphatic heterocycles. The fraction of sp³-hybridized carbons (Fsp3) is 0.611. The molecule has 0 spiro atoms. The molecule has 0 N–H and O–H groups in total. The van der Waals surface area contributed by atoms with Gasteiger partial charge in [0.05, 0.1) is 0 Å². The second-order valence-corrected chi connectivity index (χ2v) is 4.70. The van der Waals surface area contributed by atoms with Crippen molar-refractivity contribution in [1.82, 2.24) is 0 Å². The van der Waals surface area contributed by atoms with Gasteiger partial charge in [0, 0.05) is 0 Å². The van der Waals surface area contributed by atoms with E-state index in [9.17, 15) is 0 Å². The molecule has 0 heterocycles. The molecule has 0 bridgehead atoms. The third-order valence-electron chi connectivity index (χ3n) is 2.90. The van der Waals surface area contributed by atoms with Gasteiger partial charge in [-0.1, -0.05) is 82.4 Å². The van der Waals surface area contributed by atoms with Gasteiger partial charge in [0.15, 0.2) is 0 Å². The SMILES string of the molecule is [CH2]CCCCCCC/C=C\C/C=C\CC=CCC. The molecule has 0 rings (SSSR count). The lowest BCUT2D eigenvalue weighted by molar-refractivity contribution is 0.621. The van der Waals surface area contributed by atoms with E-state index >= 15 is 0 Å². The van der Waals surface area contributed by atoms with Crippen LogP contribution in [0.5, 0.6) is 0 Å². The predicted molar refractivity (Wildman–Crippen MR) is 84.6 cm³/mol. The second-order valence-electron chi connectivity index (χ2n) is 4.70. The highest BCUT2D eigenvalue weighted by Crippen LogP contribution is 2.07. The minimum atomic E-state index is 1.08. The van der Waals surface area contributed by atoms with Crippen molar-refractivity contribution in [1.29, 1.82) is 0 Å². The first kappa shape index (κ1) is 17.2. The molecule has 0 saturated heterocycles. The summed E-state index contributed by atoms with van der Waals surface area (Å²) in [6.07, 6.45) is 26.0. The summed E-state index contributed by atoms with van der Waals surface area (Å²) in [7, 11) is 0. The van der Waals surface area contributed by atoms with E-state index in [2.05, 4.69) is 50.3 Å². The van der Waals surface area contributed by atoms with Crippen LogP contribution in [-0.4, -0.2) is 0 Å². The van der Waals surface area contributed by atoms with Crippen LogP contribution in [0.15, 0.2) is 36.5 Å². The summed E-state index contributed by atoms with van der Waals surface area (Å²) in [5.74, 6) is 0. The summed E-state index contributed by atoms with van der Waals surface area (Å²) < 4.78 is 0. The summed E-state index contributed by atoms with van der Waals surface area (Å²) in [5.41, 5.74) is 0. The molecule has 0 unspecified atom stereocenters. The molecule has 0 aromatic rings. The van der Waals surface area contributed by atoms with E-state index in [0.717, 1.165) is 25.7 Å². The van der Waals surface area contributed by atoms with Gasteiger partial charge >= 0.3 is 0 Å². The summed E-state index contributed by atoms with van der Waals surface area (Å²) in [6, 6.07) is 0. The molecule has 103 valence electrons. The molecular formula is C18H31. The lowest BCUT2D eigenvalue weighted by atomic mass is 10.1. The number of rotatable bonds is 12. The van der Waals surface area contributed by atoms with E-state index in [1.54, 1.807) is 0 Å². The topological polar surface area (TPSA) is 0 Å². The quantitative estimate of drug-likeness (QED) is 0.276. The average Bonchev–Trinajstić information content (AvgIpc) is 2.39. The minimum Gasteiger partial charge on any atom is -0.0885 e. The number of hydrogen-bond acceptors (Lipinski definition) is 0. The van der Waals surface area contributed by atoms with Gasteiger partial charge in [-0.15, -0.1) is 0 Å². The van der Waals surface area contributed by atoms with Crippen LogP contribution < -0.4 is 0 Å². The van der Waals surface area contributed by atoms with E-state index in [-0.39, 0.29) is 0 Å². The molecule has 0 fully saturated rings. The third kappa shape index (κ3) is 15.2.